The average molecular weight is 437 g/mol. The number of furan rings is 1. The second-order valence-electron chi connectivity index (χ2n) is 5.33. The van der Waals surface area contributed by atoms with E-state index in [9.17, 15) is 13.2 Å². The predicted molar refractivity (Wildman–Crippen MR) is 104 cm³/mol. The number of halogens is 2. The number of nitrogens with one attached hydrogen (secondary N) is 2. The monoisotopic (exact) mass is 436 g/mol. The van der Waals surface area contributed by atoms with Gasteiger partial charge < -0.3 is 9.73 Å². The molecule has 0 spiro atoms. The molecule has 6 nitrogen and oxygen atoms in total. The minimum atomic E-state index is -4.02. The van der Waals surface area contributed by atoms with Gasteiger partial charge in [0.2, 0.25) is 15.9 Å². The van der Waals surface area contributed by atoms with Gasteiger partial charge in [-0.1, -0.05) is 23.2 Å². The van der Waals surface area contributed by atoms with Gasteiger partial charge in [-0.25, -0.2) is 8.42 Å². The normalized spacial score (nSPS) is 12.7. The van der Waals surface area contributed by atoms with Gasteiger partial charge >= 0.3 is 0 Å². The number of thioether (sulfide) groups is 1. The number of sulfonamides is 1. The van der Waals surface area contributed by atoms with Crippen LogP contribution in [0.1, 0.15) is 12.2 Å². The third-order valence-corrected chi connectivity index (χ3v) is 6.26. The summed E-state index contributed by atoms with van der Waals surface area (Å²) in [6, 6.07) is 6.61. The molecule has 1 amide bonds. The molecular formula is C16H18Cl2N2O4S2. The lowest BCUT2D eigenvalue weighted by atomic mass is 10.2. The summed E-state index contributed by atoms with van der Waals surface area (Å²) in [4.78, 5) is 12.3. The first-order valence-corrected chi connectivity index (χ1v) is 11.2. The summed E-state index contributed by atoms with van der Waals surface area (Å²) in [5.41, 5.74) is 0. The first kappa shape index (κ1) is 21.1. The van der Waals surface area contributed by atoms with E-state index in [0.717, 1.165) is 0 Å². The Morgan fingerprint density at radius 1 is 1.31 bits per heavy atom. The van der Waals surface area contributed by atoms with Crippen molar-refractivity contribution in [3.63, 3.8) is 0 Å². The van der Waals surface area contributed by atoms with Gasteiger partial charge in [0.25, 0.3) is 0 Å². The summed E-state index contributed by atoms with van der Waals surface area (Å²) >= 11 is 13.4. The van der Waals surface area contributed by atoms with Crippen LogP contribution in [0.4, 0.5) is 0 Å². The first-order valence-electron chi connectivity index (χ1n) is 7.60. The van der Waals surface area contributed by atoms with Crippen LogP contribution in [0.15, 0.2) is 45.9 Å². The van der Waals surface area contributed by atoms with Crippen LogP contribution < -0.4 is 10.0 Å². The van der Waals surface area contributed by atoms with Crippen molar-refractivity contribution in [3.05, 3.63) is 52.4 Å². The van der Waals surface area contributed by atoms with Crippen LogP contribution in [-0.2, 0) is 21.4 Å². The summed E-state index contributed by atoms with van der Waals surface area (Å²) in [7, 11) is -4.02. The Kier molecular flexibility index (Phi) is 7.85. The molecule has 0 radical (unpaired) electrons. The zero-order valence-corrected chi connectivity index (χ0v) is 17.0. The van der Waals surface area contributed by atoms with Gasteiger partial charge in [-0.3, -0.25) is 4.79 Å². The Labute approximate surface area is 166 Å². The van der Waals surface area contributed by atoms with Crippen molar-refractivity contribution in [2.75, 3.05) is 12.0 Å². The molecule has 0 bridgehead atoms. The molecule has 1 unspecified atom stereocenters. The Morgan fingerprint density at radius 3 is 2.73 bits per heavy atom. The molecule has 1 aromatic carbocycles. The SMILES string of the molecule is CSCCC(NS(=O)(=O)c1cc(Cl)ccc1Cl)C(=O)NCc1ccco1. The molecule has 1 atom stereocenters. The van der Waals surface area contributed by atoms with Crippen LogP contribution in [0.3, 0.4) is 0 Å². The molecule has 2 N–H and O–H groups in total. The fourth-order valence-corrected chi connectivity index (χ4v) is 4.59. The number of carbonyl (C=O) groups excluding carboxylic acids is 1. The fourth-order valence-electron chi connectivity index (χ4n) is 2.12. The van der Waals surface area contributed by atoms with E-state index in [-0.39, 0.29) is 21.5 Å². The maximum atomic E-state index is 12.7. The third kappa shape index (κ3) is 5.92. The highest BCUT2D eigenvalue weighted by Gasteiger charge is 2.27. The van der Waals surface area contributed by atoms with E-state index in [0.29, 0.717) is 17.9 Å². The van der Waals surface area contributed by atoms with Gasteiger partial charge in [0.15, 0.2) is 0 Å². The molecule has 10 heteroatoms. The van der Waals surface area contributed by atoms with E-state index in [1.807, 2.05) is 6.26 Å². The summed E-state index contributed by atoms with van der Waals surface area (Å²) in [5.74, 6) is 0.727. The number of rotatable bonds is 9. The minimum Gasteiger partial charge on any atom is -0.467 e. The van der Waals surface area contributed by atoms with Crippen LogP contribution >= 0.6 is 35.0 Å². The third-order valence-electron chi connectivity index (χ3n) is 3.42. The smallest absolute Gasteiger partial charge is 0.242 e. The molecule has 0 saturated carbocycles. The molecular weight excluding hydrogens is 419 g/mol. The standard InChI is InChI=1S/C16H18Cl2N2O4S2/c1-25-8-6-14(16(21)19-10-12-3-2-7-24-12)20-26(22,23)15-9-11(17)4-5-13(15)18/h2-5,7,9,14,20H,6,8,10H2,1H3,(H,19,21). The van der Waals surface area contributed by atoms with Crippen molar-refractivity contribution >= 4 is 50.9 Å². The van der Waals surface area contributed by atoms with E-state index in [2.05, 4.69) is 10.0 Å². The van der Waals surface area contributed by atoms with Gasteiger partial charge in [-0.2, -0.15) is 16.5 Å². The highest BCUT2D eigenvalue weighted by molar-refractivity contribution is 7.98. The predicted octanol–water partition coefficient (Wildman–Crippen LogP) is 3.30. The van der Waals surface area contributed by atoms with Gasteiger partial charge in [-0.15, -0.1) is 0 Å². The Balaban J connectivity index is 2.14. The lowest BCUT2D eigenvalue weighted by Crippen LogP contribution is -2.46. The lowest BCUT2D eigenvalue weighted by molar-refractivity contribution is -0.123. The Bertz CT molecular complexity index is 842. The molecule has 2 aromatic rings. The highest BCUT2D eigenvalue weighted by Crippen LogP contribution is 2.25. The number of amides is 1. The van der Waals surface area contributed by atoms with Gasteiger partial charge in [0.1, 0.15) is 16.7 Å². The van der Waals surface area contributed by atoms with Crippen molar-refractivity contribution in [2.24, 2.45) is 0 Å². The molecule has 0 aliphatic carbocycles. The molecule has 1 aromatic heterocycles. The first-order chi connectivity index (χ1) is 12.3. The summed E-state index contributed by atoms with van der Waals surface area (Å²) in [6.07, 6.45) is 3.69. The topological polar surface area (TPSA) is 88.4 Å². The van der Waals surface area contributed by atoms with Gasteiger partial charge in [-0.05, 0) is 48.8 Å². The molecule has 142 valence electrons. The lowest BCUT2D eigenvalue weighted by Gasteiger charge is -2.18. The van der Waals surface area contributed by atoms with Crippen LogP contribution in [-0.4, -0.2) is 32.4 Å². The number of carbonyl (C=O) groups is 1. The fraction of sp³-hybridized carbons (Fsp3) is 0.312. The summed E-state index contributed by atoms with van der Waals surface area (Å²) in [5, 5.41) is 2.93. The molecule has 0 fully saturated rings. The van der Waals surface area contributed by atoms with Crippen LogP contribution in [0.25, 0.3) is 0 Å². The van der Waals surface area contributed by atoms with E-state index in [1.165, 1.54) is 36.2 Å². The van der Waals surface area contributed by atoms with Crippen molar-refractivity contribution in [1.29, 1.82) is 0 Å². The molecule has 0 aliphatic rings. The number of hydrogen-bond donors (Lipinski definition) is 2. The molecule has 2 rings (SSSR count). The van der Waals surface area contributed by atoms with Crippen molar-refractivity contribution in [2.45, 2.75) is 23.9 Å². The Morgan fingerprint density at radius 2 is 2.08 bits per heavy atom. The zero-order chi connectivity index (χ0) is 19.2. The summed E-state index contributed by atoms with van der Waals surface area (Å²) in [6.45, 7) is 0.168. The van der Waals surface area contributed by atoms with E-state index < -0.39 is 22.0 Å². The van der Waals surface area contributed by atoms with Crippen molar-refractivity contribution < 1.29 is 17.6 Å². The summed E-state index contributed by atoms with van der Waals surface area (Å²) < 4.78 is 32.9. The van der Waals surface area contributed by atoms with E-state index in [4.69, 9.17) is 27.6 Å². The zero-order valence-electron chi connectivity index (χ0n) is 13.9. The largest absolute Gasteiger partial charge is 0.467 e. The second kappa shape index (κ2) is 9.66. The van der Waals surface area contributed by atoms with Crippen LogP contribution in [0.2, 0.25) is 10.0 Å². The quantitative estimate of drug-likeness (QED) is 0.629. The molecule has 26 heavy (non-hydrogen) atoms. The van der Waals surface area contributed by atoms with Crippen molar-refractivity contribution in [1.82, 2.24) is 10.0 Å². The molecule has 0 aliphatic heterocycles. The van der Waals surface area contributed by atoms with Gasteiger partial charge in [0.05, 0.1) is 17.8 Å². The average Bonchev–Trinajstić information content (AvgIpc) is 3.12. The van der Waals surface area contributed by atoms with Crippen LogP contribution in [0.5, 0.6) is 0 Å². The number of hydrogen-bond acceptors (Lipinski definition) is 5. The van der Waals surface area contributed by atoms with E-state index in [1.54, 1.807) is 12.1 Å². The minimum absolute atomic E-state index is 0.0292. The molecule has 1 heterocycles. The maximum absolute atomic E-state index is 12.7. The highest BCUT2D eigenvalue weighted by atomic mass is 35.5. The van der Waals surface area contributed by atoms with Crippen LogP contribution in [0, 0.1) is 0 Å². The van der Waals surface area contributed by atoms with Gasteiger partial charge in [0, 0.05) is 5.02 Å². The Hall–Kier alpha value is -1.19. The number of benzene rings is 1. The maximum Gasteiger partial charge on any atom is 0.242 e. The second-order valence-corrected chi connectivity index (χ2v) is 8.84. The van der Waals surface area contributed by atoms with Crippen molar-refractivity contribution in [3.8, 4) is 0 Å². The van der Waals surface area contributed by atoms with E-state index >= 15 is 0 Å². The molecule has 0 saturated heterocycles.